The molecule has 2 N–H and O–H groups in total. The van der Waals surface area contributed by atoms with Crippen molar-refractivity contribution in [1.29, 1.82) is 0 Å². The van der Waals surface area contributed by atoms with Crippen LogP contribution >= 0.6 is 23.6 Å². The maximum atomic E-state index is 12.7. The minimum atomic E-state index is -0.289. The van der Waals surface area contributed by atoms with Gasteiger partial charge in [-0.1, -0.05) is 6.42 Å². The van der Waals surface area contributed by atoms with Gasteiger partial charge in [0.05, 0.1) is 26.4 Å². The second-order valence-electron chi connectivity index (χ2n) is 6.64. The molecule has 1 heterocycles. The molecule has 0 unspecified atom stereocenters. The fourth-order valence-electron chi connectivity index (χ4n) is 3.43. The lowest BCUT2D eigenvalue weighted by Crippen LogP contribution is -2.20. The zero-order valence-electron chi connectivity index (χ0n) is 16.9. The van der Waals surface area contributed by atoms with Gasteiger partial charge in [-0.05, 0) is 62.5 Å². The standard InChI is InChI=1S/C21H26N2O4S2/c1-4-27-20(24)18-14-8-6-5-7-9-17(14)29-19(18)23-21(28)22-13-10-11-15(25-2)16(12-13)26-3/h10-12H,4-9H2,1-3H3,(H2,22,23,28). The Morgan fingerprint density at radius 3 is 2.59 bits per heavy atom. The van der Waals surface area contributed by atoms with Gasteiger partial charge in [-0.25, -0.2) is 4.79 Å². The van der Waals surface area contributed by atoms with Gasteiger partial charge in [0, 0.05) is 16.6 Å². The largest absolute Gasteiger partial charge is 0.493 e. The van der Waals surface area contributed by atoms with E-state index in [0.717, 1.165) is 41.9 Å². The van der Waals surface area contributed by atoms with Gasteiger partial charge in [0.15, 0.2) is 16.6 Å². The normalized spacial score (nSPS) is 13.1. The van der Waals surface area contributed by atoms with E-state index in [1.54, 1.807) is 31.6 Å². The average Bonchev–Trinajstić information content (AvgIpc) is 2.88. The molecule has 0 bridgehead atoms. The summed E-state index contributed by atoms with van der Waals surface area (Å²) in [5, 5.41) is 7.50. The zero-order chi connectivity index (χ0) is 20.8. The smallest absolute Gasteiger partial charge is 0.341 e. The topological polar surface area (TPSA) is 68.8 Å². The van der Waals surface area contributed by atoms with Crippen LogP contribution in [0.25, 0.3) is 0 Å². The molecule has 0 aliphatic heterocycles. The molecule has 8 heteroatoms. The molecule has 1 aromatic carbocycles. The van der Waals surface area contributed by atoms with Gasteiger partial charge in [-0.3, -0.25) is 0 Å². The summed E-state index contributed by atoms with van der Waals surface area (Å²) in [5.41, 5.74) is 2.50. The number of benzene rings is 1. The molecule has 3 rings (SSSR count). The number of methoxy groups -OCH3 is 2. The van der Waals surface area contributed by atoms with Crippen LogP contribution in [0, 0.1) is 0 Å². The second kappa shape index (κ2) is 9.93. The Balaban J connectivity index is 1.82. The van der Waals surface area contributed by atoms with Crippen molar-refractivity contribution in [1.82, 2.24) is 0 Å². The lowest BCUT2D eigenvalue weighted by molar-refractivity contribution is 0.0527. The van der Waals surface area contributed by atoms with E-state index in [0.29, 0.717) is 28.8 Å². The molecule has 1 aliphatic rings. The number of thiophene rings is 1. The maximum Gasteiger partial charge on any atom is 0.341 e. The predicted octanol–water partition coefficient (Wildman–Crippen LogP) is 5.02. The van der Waals surface area contributed by atoms with Crippen molar-refractivity contribution >= 4 is 45.3 Å². The van der Waals surface area contributed by atoms with Gasteiger partial charge in [-0.2, -0.15) is 0 Å². The van der Waals surface area contributed by atoms with Gasteiger partial charge < -0.3 is 24.8 Å². The first-order chi connectivity index (χ1) is 14.1. The number of aryl methyl sites for hydroxylation is 1. The zero-order valence-corrected chi connectivity index (χ0v) is 18.6. The van der Waals surface area contributed by atoms with E-state index < -0.39 is 0 Å². The van der Waals surface area contributed by atoms with E-state index >= 15 is 0 Å². The van der Waals surface area contributed by atoms with Crippen molar-refractivity contribution in [3.8, 4) is 11.5 Å². The molecule has 1 aromatic heterocycles. The summed E-state index contributed by atoms with van der Waals surface area (Å²) in [7, 11) is 3.18. The summed E-state index contributed by atoms with van der Waals surface area (Å²) in [6, 6.07) is 5.47. The van der Waals surface area contributed by atoms with Gasteiger partial charge in [0.1, 0.15) is 5.00 Å². The minimum absolute atomic E-state index is 0.289. The molecule has 2 aromatic rings. The third-order valence-corrected chi connectivity index (χ3v) is 6.18. The van der Waals surface area contributed by atoms with Gasteiger partial charge in [-0.15, -0.1) is 11.3 Å². The van der Waals surface area contributed by atoms with E-state index in [4.69, 9.17) is 26.4 Å². The number of ether oxygens (including phenoxy) is 3. The monoisotopic (exact) mass is 434 g/mol. The van der Waals surface area contributed by atoms with Crippen molar-refractivity contribution in [2.75, 3.05) is 31.5 Å². The number of anilines is 2. The molecule has 1 aliphatic carbocycles. The first-order valence-corrected chi connectivity index (χ1v) is 10.9. The van der Waals surface area contributed by atoms with Crippen LogP contribution in [0.5, 0.6) is 11.5 Å². The summed E-state index contributed by atoms with van der Waals surface area (Å²) in [5.74, 6) is 0.960. The molecule has 0 saturated carbocycles. The fourth-order valence-corrected chi connectivity index (χ4v) is 5.00. The first-order valence-electron chi connectivity index (χ1n) is 9.69. The van der Waals surface area contributed by atoms with Crippen molar-refractivity contribution < 1.29 is 19.0 Å². The third kappa shape index (κ3) is 5.00. The average molecular weight is 435 g/mol. The van der Waals surface area contributed by atoms with Gasteiger partial charge >= 0.3 is 5.97 Å². The number of carbonyl (C=O) groups excluding carboxylic acids is 1. The van der Waals surface area contributed by atoms with Crippen LogP contribution in [0.4, 0.5) is 10.7 Å². The highest BCUT2D eigenvalue weighted by atomic mass is 32.1. The van der Waals surface area contributed by atoms with Crippen LogP contribution in [0.15, 0.2) is 18.2 Å². The highest BCUT2D eigenvalue weighted by molar-refractivity contribution is 7.80. The highest BCUT2D eigenvalue weighted by Gasteiger charge is 2.26. The number of carbonyl (C=O) groups is 1. The Hall–Kier alpha value is -2.32. The number of hydrogen-bond acceptors (Lipinski definition) is 6. The molecule has 0 atom stereocenters. The van der Waals surface area contributed by atoms with Gasteiger partial charge in [0.25, 0.3) is 0 Å². The second-order valence-corrected chi connectivity index (χ2v) is 8.15. The molecule has 29 heavy (non-hydrogen) atoms. The van der Waals surface area contributed by atoms with Crippen LogP contribution in [-0.4, -0.2) is 31.9 Å². The lowest BCUT2D eigenvalue weighted by atomic mass is 10.1. The summed E-state index contributed by atoms with van der Waals surface area (Å²) in [4.78, 5) is 13.9. The molecular weight excluding hydrogens is 408 g/mol. The van der Waals surface area contributed by atoms with Crippen molar-refractivity contribution in [3.63, 3.8) is 0 Å². The van der Waals surface area contributed by atoms with Crippen LogP contribution < -0.4 is 20.1 Å². The number of hydrogen-bond donors (Lipinski definition) is 2. The molecule has 6 nitrogen and oxygen atoms in total. The van der Waals surface area contributed by atoms with Crippen LogP contribution in [0.2, 0.25) is 0 Å². The first kappa shape index (κ1) is 21.4. The molecule has 156 valence electrons. The Labute approximate surface area is 180 Å². The van der Waals surface area contributed by atoms with E-state index in [-0.39, 0.29) is 5.97 Å². The Kier molecular flexibility index (Phi) is 7.33. The Morgan fingerprint density at radius 2 is 1.86 bits per heavy atom. The Bertz CT molecular complexity index is 895. The highest BCUT2D eigenvalue weighted by Crippen LogP contribution is 2.38. The molecule has 0 radical (unpaired) electrons. The van der Waals surface area contributed by atoms with Crippen molar-refractivity contribution in [2.24, 2.45) is 0 Å². The van der Waals surface area contributed by atoms with Gasteiger partial charge in [0.2, 0.25) is 0 Å². The summed E-state index contributed by atoms with van der Waals surface area (Å²) >= 11 is 7.10. The van der Waals surface area contributed by atoms with Crippen LogP contribution in [0.1, 0.15) is 47.0 Å². The van der Waals surface area contributed by atoms with E-state index in [9.17, 15) is 4.79 Å². The number of thiocarbonyl (C=S) groups is 1. The Morgan fingerprint density at radius 1 is 1.10 bits per heavy atom. The molecule has 0 fully saturated rings. The quantitative estimate of drug-likeness (QED) is 0.376. The van der Waals surface area contributed by atoms with E-state index in [1.165, 1.54) is 11.3 Å². The van der Waals surface area contributed by atoms with E-state index in [2.05, 4.69) is 10.6 Å². The van der Waals surface area contributed by atoms with E-state index in [1.807, 2.05) is 19.1 Å². The lowest BCUT2D eigenvalue weighted by Gasteiger charge is -2.13. The predicted molar refractivity (Wildman–Crippen MR) is 121 cm³/mol. The molecule has 0 amide bonds. The van der Waals surface area contributed by atoms with Crippen LogP contribution in [-0.2, 0) is 17.6 Å². The van der Waals surface area contributed by atoms with Crippen molar-refractivity contribution in [2.45, 2.75) is 39.0 Å². The number of esters is 1. The third-order valence-electron chi connectivity index (χ3n) is 4.77. The summed E-state index contributed by atoms with van der Waals surface area (Å²) < 4.78 is 15.9. The number of nitrogens with one attached hydrogen (secondary N) is 2. The molecule has 0 spiro atoms. The summed E-state index contributed by atoms with van der Waals surface area (Å²) in [6.45, 7) is 2.16. The number of rotatable bonds is 6. The fraction of sp³-hybridized carbons (Fsp3) is 0.429. The summed E-state index contributed by atoms with van der Waals surface area (Å²) in [6.07, 6.45) is 5.31. The maximum absolute atomic E-state index is 12.7. The minimum Gasteiger partial charge on any atom is -0.493 e. The van der Waals surface area contributed by atoms with Crippen LogP contribution in [0.3, 0.4) is 0 Å². The molecule has 0 saturated heterocycles. The van der Waals surface area contributed by atoms with Crippen molar-refractivity contribution in [3.05, 3.63) is 34.2 Å². The number of fused-ring (bicyclic) bond motifs is 1. The molecular formula is C21H26N2O4S2. The SMILES string of the molecule is CCOC(=O)c1c(NC(=S)Nc2ccc(OC)c(OC)c2)sc2c1CCCCC2.